The standard InChI is InChI=1S/C47H31N3.2C41H27N3/c1-3-12-32(13-4-1)34-23-26-37(27-24-34)50-43-21-8-7-18-40(43)41-20-10-19-39(47(41)50)36-25-28-42-45(31-36)49(44-22-11-29-48-46(42)44)38-17-9-16-35(30-38)33-14-5-2-6-15-33;1-3-12-28(13-4-1)29-14-9-17-32(26-29)43-38-22-11-25-42-40(38)36-24-23-30(27-39(36)43)33-19-10-20-35-34-18-7-8-21-37(34)44(41(33)35)31-15-5-2-6-16-31;1-3-11-28(12-4-1)29-20-23-32(24-21-29)43-38-19-10-26-42-40(38)36-25-22-30(27-39(36)43)33-16-9-17-35-34-15-7-8-18-37(34)44(41(33)35)31-13-5-2-6-14-31/h1-31H;2*1-27H. The summed E-state index contributed by atoms with van der Waals surface area (Å²) in [5.41, 5.74) is 40.5. The van der Waals surface area contributed by atoms with Crippen LogP contribution in [0.25, 0.3) is 243 Å². The van der Waals surface area contributed by atoms with E-state index in [-0.39, 0.29) is 0 Å². The summed E-state index contributed by atoms with van der Waals surface area (Å²) in [4.78, 5) is 14.6. The SMILES string of the molecule is c1ccc(-c2ccc(-n3c4cc(-c5cccc6c7ccccc7n(-c7ccccc7)c56)ccc4c4ncccc43)cc2)cc1.c1ccc(-c2ccc(-n3c4ccccc4c4cccc(-c5ccc6c7ncccc7n(-c7cccc(-c8ccccc8)c7)c6c5)c43)cc2)cc1.c1ccc(-c2cccc(-n3c4cc(-c5cccc6c7ccccc7n(-c7ccccc7)c56)ccc4c4ncccc43)c2)cc1. The normalized spacial score (nSPS) is 11.6. The van der Waals surface area contributed by atoms with Gasteiger partial charge >= 0.3 is 0 Å². The number of rotatable bonds is 13. The predicted octanol–water partition coefficient (Wildman–Crippen LogP) is 33.5. The summed E-state index contributed by atoms with van der Waals surface area (Å²) in [5.74, 6) is 0. The number of hydrogen-bond acceptors (Lipinski definition) is 3. The van der Waals surface area contributed by atoms with Crippen LogP contribution in [-0.4, -0.2) is 42.4 Å². The second kappa shape index (κ2) is 33.9. The van der Waals surface area contributed by atoms with Gasteiger partial charge in [0.25, 0.3) is 0 Å². The summed E-state index contributed by atoms with van der Waals surface area (Å²) < 4.78 is 14.3. The van der Waals surface area contributed by atoms with Crippen molar-refractivity contribution in [2.24, 2.45) is 0 Å². The quantitative estimate of drug-likeness (QED) is 0.116. The van der Waals surface area contributed by atoms with Crippen molar-refractivity contribution in [3.63, 3.8) is 0 Å². The lowest BCUT2D eigenvalue weighted by Gasteiger charge is -2.14. The number of nitrogens with zero attached hydrogens (tertiary/aromatic N) is 9. The van der Waals surface area contributed by atoms with Gasteiger partial charge in [-0.05, 0) is 225 Å². The van der Waals surface area contributed by atoms with Crippen molar-refractivity contribution in [2.75, 3.05) is 0 Å². The van der Waals surface area contributed by atoms with Gasteiger partial charge in [0.05, 0.1) is 82.8 Å². The van der Waals surface area contributed by atoms with Crippen molar-refractivity contribution >= 4 is 131 Å². The van der Waals surface area contributed by atoms with Crippen LogP contribution in [0.5, 0.6) is 0 Å². The number of hydrogen-bond donors (Lipinski definition) is 0. The molecule has 28 rings (SSSR count). The summed E-state index contributed by atoms with van der Waals surface area (Å²) in [5, 5.41) is 10.9. The van der Waals surface area contributed by atoms with E-state index >= 15 is 0 Å². The maximum atomic E-state index is 4.88. The molecule has 0 unspecified atom stereocenters. The molecular weight excluding hydrogens is 1680 g/mol. The third-order valence-electron chi connectivity index (χ3n) is 27.5. The molecule has 9 heteroatoms. The Hall–Kier alpha value is -18.6. The zero-order valence-corrected chi connectivity index (χ0v) is 75.1. The Labute approximate surface area is 796 Å². The van der Waals surface area contributed by atoms with E-state index in [0.29, 0.717) is 0 Å². The van der Waals surface area contributed by atoms with Gasteiger partial charge in [0.2, 0.25) is 0 Å². The fraction of sp³-hybridized carbons (Fsp3) is 0. The topological polar surface area (TPSA) is 68.2 Å². The molecule has 0 aliphatic heterocycles. The molecule has 0 N–H and O–H groups in total. The van der Waals surface area contributed by atoms with E-state index in [2.05, 4.69) is 507 Å². The fourth-order valence-corrected chi connectivity index (χ4v) is 21.3. The van der Waals surface area contributed by atoms with Crippen LogP contribution in [0, 0.1) is 0 Å². The molecule has 0 atom stereocenters. The van der Waals surface area contributed by atoms with Crippen LogP contribution >= 0.6 is 0 Å². The molecule has 0 saturated heterocycles. The number of pyridine rings is 3. The van der Waals surface area contributed by atoms with Gasteiger partial charge in [-0.15, -0.1) is 0 Å². The minimum atomic E-state index is 1.00. The molecule has 0 aliphatic carbocycles. The maximum Gasteiger partial charge on any atom is 0.0963 e. The monoisotopic (exact) mass is 1760 g/mol. The molecule has 9 heterocycles. The summed E-state index contributed by atoms with van der Waals surface area (Å²) in [6.07, 6.45) is 5.67. The van der Waals surface area contributed by atoms with Crippen LogP contribution in [0.2, 0.25) is 0 Å². The van der Waals surface area contributed by atoms with Crippen molar-refractivity contribution < 1.29 is 0 Å². The Balaban J connectivity index is 0.000000107. The van der Waals surface area contributed by atoms with Crippen LogP contribution in [0.3, 0.4) is 0 Å². The van der Waals surface area contributed by atoms with E-state index in [4.69, 9.17) is 15.0 Å². The Morgan fingerprint density at radius 2 is 0.355 bits per heavy atom. The highest BCUT2D eigenvalue weighted by molar-refractivity contribution is 6.19. The molecule has 0 fully saturated rings. The van der Waals surface area contributed by atoms with E-state index in [1.54, 1.807) is 0 Å². The highest BCUT2D eigenvalue weighted by atomic mass is 15.0. The van der Waals surface area contributed by atoms with Gasteiger partial charge in [-0.2, -0.15) is 0 Å². The van der Waals surface area contributed by atoms with Gasteiger partial charge in [-0.1, -0.05) is 334 Å². The first-order chi connectivity index (χ1) is 68.5. The number of benzene rings is 19. The van der Waals surface area contributed by atoms with Crippen LogP contribution in [0.1, 0.15) is 0 Å². The second-order valence-electron chi connectivity index (χ2n) is 35.3. The third kappa shape index (κ3) is 13.7. The predicted molar refractivity (Wildman–Crippen MR) is 577 cm³/mol. The molecule has 0 saturated carbocycles. The average molecular weight is 1760 g/mol. The van der Waals surface area contributed by atoms with E-state index in [9.17, 15) is 0 Å². The Kier molecular flexibility index (Phi) is 19.7. The Morgan fingerprint density at radius 1 is 0.123 bits per heavy atom. The Bertz CT molecular complexity index is 9540. The largest absolute Gasteiger partial charge is 0.309 e. The van der Waals surface area contributed by atoms with Gasteiger partial charge in [-0.25, -0.2) is 0 Å². The number of aromatic nitrogens is 9. The van der Waals surface area contributed by atoms with Crippen molar-refractivity contribution in [1.82, 2.24) is 42.4 Å². The fourth-order valence-electron chi connectivity index (χ4n) is 21.3. The first kappa shape index (κ1) is 80.3. The first-order valence-electron chi connectivity index (χ1n) is 47.0. The lowest BCUT2D eigenvalue weighted by Crippen LogP contribution is -1.96. The first-order valence-corrected chi connectivity index (χ1v) is 47.0. The number of fused-ring (bicyclic) bond motifs is 18. The van der Waals surface area contributed by atoms with Crippen molar-refractivity contribution in [3.8, 4) is 112 Å². The summed E-state index contributed by atoms with van der Waals surface area (Å²) in [7, 11) is 0. The lowest BCUT2D eigenvalue weighted by atomic mass is 10.0. The second-order valence-corrected chi connectivity index (χ2v) is 35.3. The van der Waals surface area contributed by atoms with Gasteiger partial charge in [0.15, 0.2) is 0 Å². The molecule has 9 aromatic heterocycles. The average Bonchev–Trinajstić information content (AvgIpc) is 1.58. The molecule has 19 aromatic carbocycles. The zero-order valence-electron chi connectivity index (χ0n) is 75.1. The molecule has 28 aromatic rings. The maximum absolute atomic E-state index is 4.88. The molecule has 0 bridgehead atoms. The van der Waals surface area contributed by atoms with Gasteiger partial charge in [-0.3, -0.25) is 15.0 Å². The van der Waals surface area contributed by atoms with Crippen LogP contribution in [0.15, 0.2) is 516 Å². The zero-order chi connectivity index (χ0) is 91.1. The van der Waals surface area contributed by atoms with Gasteiger partial charge < -0.3 is 27.4 Å². The van der Waals surface area contributed by atoms with E-state index in [0.717, 1.165) is 105 Å². The van der Waals surface area contributed by atoms with Crippen LogP contribution < -0.4 is 0 Å². The highest BCUT2D eigenvalue weighted by Gasteiger charge is 2.26. The van der Waals surface area contributed by atoms with Crippen LogP contribution in [-0.2, 0) is 0 Å². The Morgan fingerprint density at radius 3 is 0.688 bits per heavy atom. The van der Waals surface area contributed by atoms with Crippen LogP contribution in [0.4, 0.5) is 0 Å². The van der Waals surface area contributed by atoms with E-state index in [1.165, 1.54) is 138 Å². The molecule has 0 radical (unpaired) electrons. The summed E-state index contributed by atoms with van der Waals surface area (Å²) in [6.45, 7) is 0. The third-order valence-corrected chi connectivity index (χ3v) is 27.5. The lowest BCUT2D eigenvalue weighted by molar-refractivity contribution is 1.17. The van der Waals surface area contributed by atoms with Crippen molar-refractivity contribution in [2.45, 2.75) is 0 Å². The molecule has 646 valence electrons. The number of para-hydroxylation sites is 8. The molecule has 0 aliphatic rings. The van der Waals surface area contributed by atoms with Crippen molar-refractivity contribution in [1.29, 1.82) is 0 Å². The minimum Gasteiger partial charge on any atom is -0.309 e. The molecule has 138 heavy (non-hydrogen) atoms. The van der Waals surface area contributed by atoms with Crippen molar-refractivity contribution in [3.05, 3.63) is 516 Å². The summed E-state index contributed by atoms with van der Waals surface area (Å²) in [6, 6.07) is 178. The van der Waals surface area contributed by atoms with E-state index < -0.39 is 0 Å². The molecule has 9 nitrogen and oxygen atoms in total. The smallest absolute Gasteiger partial charge is 0.0963 e. The van der Waals surface area contributed by atoms with Gasteiger partial charge in [0.1, 0.15) is 0 Å². The molecular formula is C129H85N9. The van der Waals surface area contributed by atoms with Gasteiger partial charge in [0, 0.05) is 118 Å². The minimum absolute atomic E-state index is 1.00. The molecule has 0 spiro atoms. The molecule has 0 amide bonds. The van der Waals surface area contributed by atoms with E-state index in [1.807, 2.05) is 36.8 Å². The summed E-state index contributed by atoms with van der Waals surface area (Å²) >= 11 is 0. The highest BCUT2D eigenvalue weighted by Crippen LogP contribution is 2.47.